The number of carbonyl (C=O) groups excluding carboxylic acids is 3. The summed E-state index contributed by atoms with van der Waals surface area (Å²) in [6.07, 6.45) is 0. The van der Waals surface area contributed by atoms with Crippen LogP contribution in [0.3, 0.4) is 0 Å². The fraction of sp³-hybridized carbons (Fsp3) is 0.150. The number of hydrogen-bond donors (Lipinski definition) is 2. The zero-order chi connectivity index (χ0) is 21.8. The first-order valence-corrected chi connectivity index (χ1v) is 9.81. The summed E-state index contributed by atoms with van der Waals surface area (Å²) in [7, 11) is 0. The highest BCUT2D eigenvalue weighted by atomic mass is 32.2. The summed E-state index contributed by atoms with van der Waals surface area (Å²) in [4.78, 5) is 48.8. The van der Waals surface area contributed by atoms with E-state index in [1.54, 1.807) is 12.1 Å². The summed E-state index contributed by atoms with van der Waals surface area (Å²) < 4.78 is 0. The third-order valence-corrected chi connectivity index (χ3v) is 5.25. The van der Waals surface area contributed by atoms with Gasteiger partial charge in [0.25, 0.3) is 17.5 Å². The molecule has 0 radical (unpaired) electrons. The normalized spacial score (nSPS) is 13.7. The second-order valence-corrected chi connectivity index (χ2v) is 7.36. The molecule has 10 heteroatoms. The summed E-state index contributed by atoms with van der Waals surface area (Å²) in [6.45, 7) is 1.18. The Bertz CT molecular complexity index is 1050. The summed E-state index contributed by atoms with van der Waals surface area (Å²) in [6, 6.07) is 11.6. The number of amides is 3. The zero-order valence-electron chi connectivity index (χ0n) is 15.8. The lowest BCUT2D eigenvalue weighted by Gasteiger charge is -2.16. The van der Waals surface area contributed by atoms with Gasteiger partial charge >= 0.3 is 0 Å². The van der Waals surface area contributed by atoms with Crippen molar-refractivity contribution in [1.82, 2.24) is 0 Å². The number of hydrogen-bond acceptors (Lipinski definition) is 7. The predicted octanol–water partition coefficient (Wildman–Crippen LogP) is 2.56. The van der Waals surface area contributed by atoms with Crippen LogP contribution >= 0.6 is 11.8 Å². The summed E-state index contributed by atoms with van der Waals surface area (Å²) in [5.74, 6) is -1.15. The van der Waals surface area contributed by atoms with E-state index < -0.39 is 16.7 Å². The predicted molar refractivity (Wildman–Crippen MR) is 113 cm³/mol. The van der Waals surface area contributed by atoms with E-state index in [4.69, 9.17) is 5.11 Å². The molecular formula is C20H17N3O6S. The topological polar surface area (TPSA) is 130 Å². The molecule has 0 aliphatic carbocycles. The van der Waals surface area contributed by atoms with Gasteiger partial charge in [-0.1, -0.05) is 0 Å². The van der Waals surface area contributed by atoms with E-state index in [0.29, 0.717) is 16.9 Å². The number of nitrogens with zero attached hydrogens (tertiary/aromatic N) is 2. The molecular weight excluding hydrogens is 410 g/mol. The van der Waals surface area contributed by atoms with E-state index in [1.165, 1.54) is 43.3 Å². The number of carbonyl (C=O) groups is 3. The number of non-ortho nitro benzene ring substituents is 1. The molecule has 2 aromatic rings. The minimum Gasteiger partial charge on any atom is -0.396 e. The smallest absolute Gasteiger partial charge is 0.272 e. The summed E-state index contributed by atoms with van der Waals surface area (Å²) in [5.41, 5.74) is 1.20. The maximum Gasteiger partial charge on any atom is 0.272 e. The van der Waals surface area contributed by atoms with Crippen LogP contribution in [0.2, 0.25) is 0 Å². The third-order valence-electron chi connectivity index (χ3n) is 4.19. The van der Waals surface area contributed by atoms with E-state index in [1.807, 2.05) is 0 Å². The van der Waals surface area contributed by atoms with Gasteiger partial charge in [-0.05, 0) is 42.0 Å². The number of imide groups is 1. The van der Waals surface area contributed by atoms with Crippen LogP contribution in [0.5, 0.6) is 0 Å². The average Bonchev–Trinajstić information content (AvgIpc) is 2.96. The first kappa shape index (κ1) is 21.2. The van der Waals surface area contributed by atoms with Crippen molar-refractivity contribution in [3.8, 4) is 0 Å². The van der Waals surface area contributed by atoms with Gasteiger partial charge in [-0.2, -0.15) is 0 Å². The molecule has 0 aromatic heterocycles. The lowest BCUT2D eigenvalue weighted by Crippen LogP contribution is -2.31. The lowest BCUT2D eigenvalue weighted by molar-refractivity contribution is -0.384. The minimum atomic E-state index is -0.568. The highest BCUT2D eigenvalue weighted by molar-refractivity contribution is 8.04. The maximum atomic E-state index is 13.1. The molecule has 154 valence electrons. The molecule has 2 N–H and O–H groups in total. The monoisotopic (exact) mass is 427 g/mol. The molecule has 0 fully saturated rings. The highest BCUT2D eigenvalue weighted by Gasteiger charge is 2.40. The summed E-state index contributed by atoms with van der Waals surface area (Å²) >= 11 is 1.05. The number of nitro groups is 1. The molecule has 0 bridgehead atoms. The van der Waals surface area contributed by atoms with E-state index >= 15 is 0 Å². The van der Waals surface area contributed by atoms with Gasteiger partial charge in [0, 0.05) is 30.5 Å². The number of anilines is 2. The molecule has 1 aliphatic rings. The fourth-order valence-electron chi connectivity index (χ4n) is 2.93. The molecule has 0 spiro atoms. The number of aliphatic hydroxyl groups is 1. The number of benzene rings is 2. The molecule has 1 aliphatic heterocycles. The zero-order valence-corrected chi connectivity index (χ0v) is 16.6. The van der Waals surface area contributed by atoms with E-state index in [0.717, 1.165) is 16.7 Å². The SMILES string of the molecule is CC(=O)Nc1ccc(N2C(=O)C(SCCO)=C(c3ccc([N+](=O)[O-])cc3)C2=O)cc1. The molecule has 2 aromatic carbocycles. The Kier molecular flexibility index (Phi) is 6.28. The Hall–Kier alpha value is -3.50. The first-order chi connectivity index (χ1) is 14.3. The van der Waals surface area contributed by atoms with Gasteiger partial charge in [-0.15, -0.1) is 11.8 Å². The number of thioether (sulfide) groups is 1. The van der Waals surface area contributed by atoms with Crippen LogP contribution in [-0.2, 0) is 14.4 Å². The van der Waals surface area contributed by atoms with E-state index in [-0.39, 0.29) is 34.4 Å². The van der Waals surface area contributed by atoms with Gasteiger partial charge in [0.15, 0.2) is 0 Å². The van der Waals surface area contributed by atoms with Crippen molar-refractivity contribution in [2.24, 2.45) is 0 Å². The van der Waals surface area contributed by atoms with Gasteiger partial charge in [-0.25, -0.2) is 4.90 Å². The minimum absolute atomic E-state index is 0.124. The largest absolute Gasteiger partial charge is 0.396 e. The van der Waals surface area contributed by atoms with Gasteiger partial charge < -0.3 is 10.4 Å². The van der Waals surface area contributed by atoms with Crippen LogP contribution in [0.1, 0.15) is 12.5 Å². The van der Waals surface area contributed by atoms with Crippen LogP contribution < -0.4 is 10.2 Å². The molecule has 9 nitrogen and oxygen atoms in total. The van der Waals surface area contributed by atoms with Crippen LogP contribution in [0.15, 0.2) is 53.4 Å². The number of nitro benzene ring substituents is 1. The van der Waals surface area contributed by atoms with Crippen LogP contribution in [-0.4, -0.2) is 40.1 Å². The first-order valence-electron chi connectivity index (χ1n) is 8.82. The molecule has 0 saturated heterocycles. The Morgan fingerprint density at radius 2 is 1.73 bits per heavy atom. The van der Waals surface area contributed by atoms with E-state index in [2.05, 4.69) is 5.32 Å². The van der Waals surface area contributed by atoms with Gasteiger partial charge in [0.05, 0.1) is 27.7 Å². The fourth-order valence-corrected chi connectivity index (χ4v) is 3.79. The Morgan fingerprint density at radius 3 is 2.27 bits per heavy atom. The molecule has 1 heterocycles. The van der Waals surface area contributed by atoms with Crippen molar-refractivity contribution in [2.75, 3.05) is 22.6 Å². The van der Waals surface area contributed by atoms with Crippen LogP contribution in [0, 0.1) is 10.1 Å². The number of rotatable bonds is 7. The van der Waals surface area contributed by atoms with Crippen molar-refractivity contribution < 1.29 is 24.4 Å². The van der Waals surface area contributed by atoms with Gasteiger partial charge in [0.2, 0.25) is 5.91 Å². The van der Waals surface area contributed by atoms with E-state index in [9.17, 15) is 24.5 Å². The Labute approximate surface area is 175 Å². The van der Waals surface area contributed by atoms with Crippen molar-refractivity contribution in [2.45, 2.75) is 6.92 Å². The van der Waals surface area contributed by atoms with Gasteiger partial charge in [0.1, 0.15) is 0 Å². The van der Waals surface area contributed by atoms with Crippen molar-refractivity contribution in [3.63, 3.8) is 0 Å². The Morgan fingerprint density at radius 1 is 1.10 bits per heavy atom. The van der Waals surface area contributed by atoms with Crippen LogP contribution in [0.4, 0.5) is 17.1 Å². The standard InChI is InChI=1S/C20H17N3O6S/c1-12(25)21-14-4-8-15(9-5-14)22-19(26)17(18(20(22)27)30-11-10-24)13-2-6-16(7-3-13)23(28)29/h2-9,24H,10-11H2,1H3,(H,21,25). The maximum absolute atomic E-state index is 13.1. The average molecular weight is 427 g/mol. The quantitative estimate of drug-likeness (QED) is 0.394. The molecule has 3 amide bonds. The van der Waals surface area contributed by atoms with Crippen molar-refractivity contribution in [3.05, 3.63) is 69.1 Å². The Balaban J connectivity index is 1.98. The second-order valence-electron chi connectivity index (χ2n) is 6.25. The summed E-state index contributed by atoms with van der Waals surface area (Å²) in [5, 5.41) is 22.7. The third kappa shape index (κ3) is 4.24. The molecule has 0 saturated carbocycles. The number of nitrogens with one attached hydrogen (secondary N) is 1. The van der Waals surface area contributed by atoms with Gasteiger partial charge in [-0.3, -0.25) is 24.5 Å². The molecule has 3 rings (SSSR count). The molecule has 0 atom stereocenters. The number of aliphatic hydroxyl groups excluding tert-OH is 1. The van der Waals surface area contributed by atoms with Crippen molar-refractivity contribution in [1.29, 1.82) is 0 Å². The highest BCUT2D eigenvalue weighted by Crippen LogP contribution is 2.38. The van der Waals surface area contributed by atoms with Crippen LogP contribution in [0.25, 0.3) is 5.57 Å². The second kappa shape index (κ2) is 8.89. The molecule has 0 unspecified atom stereocenters. The molecule has 30 heavy (non-hydrogen) atoms. The van der Waals surface area contributed by atoms with Crippen molar-refractivity contribution >= 4 is 52.1 Å². The lowest BCUT2D eigenvalue weighted by atomic mass is 10.1.